The number of nitrogens with zero attached hydrogens (tertiary/aromatic N) is 2. The normalized spacial score (nSPS) is 15.0. The smallest absolute Gasteiger partial charge is 0.267 e. The number of unbranched alkanes of at least 4 members (excludes halogenated alkanes) is 14. The SMILES string of the molecule is CCCCCCCCCCN(CC(O)CN(CCCCCCCCCC)CC(O)CS(=O)(=O)O)CC(O)CS(=O)(=O)O. The van der Waals surface area contributed by atoms with Crippen molar-refractivity contribution >= 4 is 20.2 Å². The molecule has 0 saturated carbocycles. The molecule has 0 aromatic heterocycles. The maximum Gasteiger partial charge on any atom is 0.267 e. The number of aliphatic hydroxyl groups excluding tert-OH is 3. The first kappa shape index (κ1) is 41.6. The van der Waals surface area contributed by atoms with Crippen LogP contribution in [0, 0.1) is 0 Å². The summed E-state index contributed by atoms with van der Waals surface area (Å²) in [5.74, 6) is -1.58. The Kier molecular flexibility index (Phi) is 24.7. The van der Waals surface area contributed by atoms with E-state index in [4.69, 9.17) is 9.11 Å². The molecule has 0 aliphatic heterocycles. The van der Waals surface area contributed by atoms with E-state index < -0.39 is 50.1 Å². The molecular formula is C29H62N2O9S2. The number of hydrogen-bond donors (Lipinski definition) is 5. The van der Waals surface area contributed by atoms with Crippen molar-refractivity contribution in [2.45, 2.75) is 135 Å². The molecule has 0 aromatic carbocycles. The molecule has 11 nitrogen and oxygen atoms in total. The molecule has 0 fully saturated rings. The van der Waals surface area contributed by atoms with Gasteiger partial charge >= 0.3 is 0 Å². The third-order valence-electron chi connectivity index (χ3n) is 7.34. The fraction of sp³-hybridized carbons (Fsp3) is 1.00. The van der Waals surface area contributed by atoms with Crippen LogP contribution in [-0.2, 0) is 20.2 Å². The fourth-order valence-corrected chi connectivity index (χ4v) is 6.48. The van der Waals surface area contributed by atoms with Crippen LogP contribution in [0.25, 0.3) is 0 Å². The van der Waals surface area contributed by atoms with Crippen molar-refractivity contribution in [1.82, 2.24) is 9.80 Å². The van der Waals surface area contributed by atoms with E-state index in [1.165, 1.54) is 51.4 Å². The Morgan fingerprint density at radius 3 is 1.00 bits per heavy atom. The minimum absolute atomic E-state index is 0.0310. The van der Waals surface area contributed by atoms with Gasteiger partial charge in [0.25, 0.3) is 20.2 Å². The van der Waals surface area contributed by atoms with Crippen LogP contribution in [-0.4, -0.2) is 120 Å². The summed E-state index contributed by atoms with van der Waals surface area (Å²) in [6.07, 6.45) is 14.2. The molecule has 254 valence electrons. The predicted molar refractivity (Wildman–Crippen MR) is 169 cm³/mol. The zero-order chi connectivity index (χ0) is 31.9. The van der Waals surface area contributed by atoms with Gasteiger partial charge < -0.3 is 15.3 Å². The van der Waals surface area contributed by atoms with Crippen LogP contribution in [0.1, 0.15) is 117 Å². The van der Waals surface area contributed by atoms with Gasteiger partial charge in [-0.15, -0.1) is 0 Å². The fourth-order valence-electron chi connectivity index (χ4n) is 5.29. The summed E-state index contributed by atoms with van der Waals surface area (Å²) in [5.41, 5.74) is 0. The van der Waals surface area contributed by atoms with E-state index >= 15 is 0 Å². The van der Waals surface area contributed by atoms with Crippen LogP contribution in [0.5, 0.6) is 0 Å². The predicted octanol–water partition coefficient (Wildman–Crippen LogP) is 3.73. The van der Waals surface area contributed by atoms with Crippen LogP contribution in [0.3, 0.4) is 0 Å². The summed E-state index contributed by atoms with van der Waals surface area (Å²) in [7, 11) is -8.70. The van der Waals surface area contributed by atoms with Gasteiger partial charge in [-0.1, -0.05) is 104 Å². The van der Waals surface area contributed by atoms with Crippen molar-refractivity contribution in [3.8, 4) is 0 Å². The van der Waals surface area contributed by atoms with E-state index in [1.807, 2.05) is 0 Å². The topological polar surface area (TPSA) is 176 Å². The van der Waals surface area contributed by atoms with E-state index in [0.717, 1.165) is 51.4 Å². The summed E-state index contributed by atoms with van der Waals surface area (Å²) in [5, 5.41) is 31.4. The lowest BCUT2D eigenvalue weighted by Crippen LogP contribution is -2.46. The number of aliphatic hydroxyl groups is 3. The highest BCUT2D eigenvalue weighted by Gasteiger charge is 2.23. The Morgan fingerprint density at radius 2 is 0.714 bits per heavy atom. The second-order valence-electron chi connectivity index (χ2n) is 11.9. The molecule has 0 bridgehead atoms. The quantitative estimate of drug-likeness (QED) is 0.0568. The van der Waals surface area contributed by atoms with E-state index in [1.54, 1.807) is 9.80 Å². The zero-order valence-corrected chi connectivity index (χ0v) is 27.9. The largest absolute Gasteiger partial charge is 0.391 e. The van der Waals surface area contributed by atoms with Crippen LogP contribution in [0.2, 0.25) is 0 Å². The average Bonchev–Trinajstić information content (AvgIpc) is 2.84. The van der Waals surface area contributed by atoms with Gasteiger partial charge in [-0.2, -0.15) is 16.8 Å². The first-order valence-corrected chi connectivity index (χ1v) is 19.4. The molecule has 0 rings (SSSR count). The second kappa shape index (κ2) is 24.9. The Hall–Kier alpha value is -0.380. The minimum atomic E-state index is -4.35. The second-order valence-corrected chi connectivity index (χ2v) is 14.9. The molecule has 2 atom stereocenters. The first-order chi connectivity index (χ1) is 19.8. The summed E-state index contributed by atoms with van der Waals surface area (Å²) in [4.78, 5) is 3.58. The molecule has 0 aromatic rings. The molecule has 5 N–H and O–H groups in total. The van der Waals surface area contributed by atoms with Gasteiger partial charge in [-0.05, 0) is 25.9 Å². The third-order valence-corrected chi connectivity index (χ3v) is 8.95. The van der Waals surface area contributed by atoms with Gasteiger partial charge in [0.2, 0.25) is 0 Å². The van der Waals surface area contributed by atoms with Crippen molar-refractivity contribution in [1.29, 1.82) is 0 Å². The molecular weight excluding hydrogens is 584 g/mol. The molecule has 0 aliphatic carbocycles. The molecule has 0 amide bonds. The number of hydrogen-bond acceptors (Lipinski definition) is 9. The molecule has 2 unspecified atom stereocenters. The Morgan fingerprint density at radius 1 is 0.452 bits per heavy atom. The van der Waals surface area contributed by atoms with Gasteiger partial charge in [0.1, 0.15) is 11.5 Å². The molecule has 0 aliphatic rings. The lowest BCUT2D eigenvalue weighted by atomic mass is 10.1. The van der Waals surface area contributed by atoms with E-state index in [2.05, 4.69) is 13.8 Å². The minimum Gasteiger partial charge on any atom is -0.391 e. The van der Waals surface area contributed by atoms with Gasteiger partial charge in [-0.3, -0.25) is 18.9 Å². The monoisotopic (exact) mass is 646 g/mol. The van der Waals surface area contributed by atoms with Crippen molar-refractivity contribution < 1.29 is 41.3 Å². The van der Waals surface area contributed by atoms with Crippen LogP contribution < -0.4 is 0 Å². The van der Waals surface area contributed by atoms with Crippen LogP contribution in [0.15, 0.2) is 0 Å². The molecule has 13 heteroatoms. The Balaban J connectivity index is 5.05. The molecule has 0 saturated heterocycles. The third kappa shape index (κ3) is 28.4. The summed E-state index contributed by atoms with van der Waals surface area (Å²) in [6, 6.07) is 0. The number of rotatable bonds is 30. The van der Waals surface area contributed by atoms with E-state index in [9.17, 15) is 32.2 Å². The van der Waals surface area contributed by atoms with Crippen molar-refractivity contribution in [3.63, 3.8) is 0 Å². The maximum absolute atomic E-state index is 11.2. The van der Waals surface area contributed by atoms with Gasteiger partial charge in [0, 0.05) is 26.2 Å². The van der Waals surface area contributed by atoms with Crippen LogP contribution >= 0.6 is 0 Å². The van der Waals surface area contributed by atoms with E-state index in [0.29, 0.717) is 13.1 Å². The Bertz CT molecular complexity index is 776. The maximum atomic E-state index is 11.2. The molecule has 0 heterocycles. The lowest BCUT2D eigenvalue weighted by molar-refractivity contribution is 0.0408. The van der Waals surface area contributed by atoms with Gasteiger partial charge in [0.05, 0.1) is 18.3 Å². The van der Waals surface area contributed by atoms with Crippen molar-refractivity contribution in [2.24, 2.45) is 0 Å². The standard InChI is InChI=1S/C29H62N2O9S2/c1-3-5-7-9-11-13-15-17-19-30(23-28(33)25-41(35,36)37)21-27(32)22-31(24-29(34)26-42(38,39)40)20-18-16-14-12-10-8-6-4-2/h27-29,32-34H,3-26H2,1-2H3,(H,35,36,37)(H,38,39,40). The highest BCUT2D eigenvalue weighted by molar-refractivity contribution is 7.86. The highest BCUT2D eigenvalue weighted by Crippen LogP contribution is 2.12. The molecule has 42 heavy (non-hydrogen) atoms. The van der Waals surface area contributed by atoms with Gasteiger partial charge in [0.15, 0.2) is 0 Å². The summed E-state index contributed by atoms with van der Waals surface area (Å²) < 4.78 is 63.3. The highest BCUT2D eigenvalue weighted by atomic mass is 32.2. The van der Waals surface area contributed by atoms with Crippen molar-refractivity contribution in [3.05, 3.63) is 0 Å². The molecule has 0 radical (unpaired) electrons. The Labute approximate surface area is 256 Å². The summed E-state index contributed by atoms with van der Waals surface area (Å²) >= 11 is 0. The average molecular weight is 647 g/mol. The lowest BCUT2D eigenvalue weighted by Gasteiger charge is -2.31. The van der Waals surface area contributed by atoms with Crippen LogP contribution in [0.4, 0.5) is 0 Å². The van der Waals surface area contributed by atoms with Gasteiger partial charge in [-0.25, -0.2) is 0 Å². The van der Waals surface area contributed by atoms with E-state index in [-0.39, 0.29) is 26.2 Å². The molecule has 0 spiro atoms. The summed E-state index contributed by atoms with van der Waals surface area (Å²) in [6.45, 7) is 5.65. The zero-order valence-electron chi connectivity index (χ0n) is 26.3. The first-order valence-electron chi connectivity index (χ1n) is 16.1. The van der Waals surface area contributed by atoms with Crippen molar-refractivity contribution in [2.75, 3.05) is 50.8 Å².